The van der Waals surface area contributed by atoms with Crippen LogP contribution < -0.4 is 10.2 Å². The summed E-state index contributed by atoms with van der Waals surface area (Å²) in [5.74, 6) is -0.759. The molecule has 1 amide bonds. The number of amides is 1. The predicted octanol–water partition coefficient (Wildman–Crippen LogP) is 3.08. The summed E-state index contributed by atoms with van der Waals surface area (Å²) in [7, 11) is 1.40. The molecule has 0 fully saturated rings. The minimum Gasteiger partial charge on any atom is -0.504 e. The smallest absolute Gasteiger partial charge is 0.320 e. The van der Waals surface area contributed by atoms with Gasteiger partial charge in [0.15, 0.2) is 11.5 Å². The number of carbonyl (C=O) groups excluding carboxylic acids is 1. The summed E-state index contributed by atoms with van der Waals surface area (Å²) >= 11 is 3.34. The van der Waals surface area contributed by atoms with E-state index in [0.717, 1.165) is 10.0 Å². The van der Waals surface area contributed by atoms with Crippen LogP contribution >= 0.6 is 15.9 Å². The largest absolute Gasteiger partial charge is 0.504 e. The van der Waals surface area contributed by atoms with Crippen molar-refractivity contribution in [3.8, 4) is 11.5 Å². The molecule has 2 aromatic carbocycles. The van der Waals surface area contributed by atoms with Crippen molar-refractivity contribution in [2.45, 2.75) is 6.54 Å². The van der Waals surface area contributed by atoms with E-state index in [0.29, 0.717) is 5.56 Å². The van der Waals surface area contributed by atoms with Crippen LogP contribution in [0.4, 0.5) is 5.69 Å². The van der Waals surface area contributed by atoms with Gasteiger partial charge in [-0.05, 0) is 29.8 Å². The first-order valence-electron chi connectivity index (χ1n) is 8.54. The van der Waals surface area contributed by atoms with Gasteiger partial charge in [-0.2, -0.15) is 10.2 Å². The molecule has 0 spiro atoms. The molecule has 1 aromatic heterocycles. The molecule has 0 atom stereocenters. The van der Waals surface area contributed by atoms with Crippen LogP contribution in [0.5, 0.6) is 11.5 Å². The van der Waals surface area contributed by atoms with E-state index in [1.807, 2.05) is 24.3 Å². The molecular formula is C19H16BrN5O5. The Morgan fingerprint density at radius 3 is 2.77 bits per heavy atom. The Hall–Kier alpha value is -3.73. The number of rotatable bonds is 7. The van der Waals surface area contributed by atoms with Gasteiger partial charge in [-0.15, -0.1) is 0 Å². The summed E-state index contributed by atoms with van der Waals surface area (Å²) in [6, 6.07) is 12.1. The number of halogens is 1. The maximum absolute atomic E-state index is 12.4. The number of carbonyl (C=O) groups is 1. The normalized spacial score (nSPS) is 10.9. The second kappa shape index (κ2) is 9.18. The molecule has 0 saturated heterocycles. The highest BCUT2D eigenvalue weighted by molar-refractivity contribution is 9.10. The number of ether oxygens (including phenoxy) is 1. The zero-order valence-electron chi connectivity index (χ0n) is 15.7. The third-order valence-corrected chi connectivity index (χ3v) is 4.56. The number of methoxy groups -OCH3 is 1. The Labute approximate surface area is 179 Å². The minimum absolute atomic E-state index is 0.150. The fraction of sp³-hybridized carbons (Fsp3) is 0.105. The van der Waals surface area contributed by atoms with Crippen LogP contribution in [-0.4, -0.2) is 39.0 Å². The number of hydrazone groups is 1. The fourth-order valence-electron chi connectivity index (χ4n) is 2.59. The molecule has 30 heavy (non-hydrogen) atoms. The highest BCUT2D eigenvalue weighted by Gasteiger charge is 2.25. The highest BCUT2D eigenvalue weighted by atomic mass is 79.9. The van der Waals surface area contributed by atoms with Crippen LogP contribution in [-0.2, 0) is 6.54 Å². The lowest BCUT2D eigenvalue weighted by Crippen LogP contribution is -2.19. The molecule has 0 unspecified atom stereocenters. The van der Waals surface area contributed by atoms with E-state index in [1.54, 1.807) is 18.2 Å². The molecule has 0 aliphatic rings. The summed E-state index contributed by atoms with van der Waals surface area (Å²) < 4.78 is 7.21. The quantitative estimate of drug-likeness (QED) is 0.307. The minimum atomic E-state index is -0.852. The van der Waals surface area contributed by atoms with Crippen molar-refractivity contribution < 1.29 is 19.6 Å². The number of hydrogen-bond acceptors (Lipinski definition) is 7. The maximum Gasteiger partial charge on any atom is 0.320 e. The number of phenols is 1. The van der Waals surface area contributed by atoms with E-state index in [4.69, 9.17) is 4.74 Å². The Morgan fingerprint density at radius 2 is 2.10 bits per heavy atom. The predicted molar refractivity (Wildman–Crippen MR) is 112 cm³/mol. The SMILES string of the molecule is COc1cccc(/C=N/NC(=O)c2nn(Cc3ccc(Br)cc3)cc2[N+](=O)[O-])c1O. The second-order valence-electron chi connectivity index (χ2n) is 6.04. The van der Waals surface area contributed by atoms with Crippen molar-refractivity contribution in [3.05, 3.63) is 80.1 Å². The molecule has 10 nitrogen and oxygen atoms in total. The molecule has 0 bridgehead atoms. The number of nitrogens with zero attached hydrogens (tertiary/aromatic N) is 4. The molecule has 3 aromatic rings. The van der Waals surface area contributed by atoms with E-state index in [9.17, 15) is 20.0 Å². The van der Waals surface area contributed by atoms with Crippen LogP contribution in [0.25, 0.3) is 0 Å². The number of nitrogens with one attached hydrogen (secondary N) is 1. The van der Waals surface area contributed by atoms with Crippen molar-refractivity contribution >= 4 is 33.7 Å². The average Bonchev–Trinajstić information content (AvgIpc) is 3.15. The second-order valence-corrected chi connectivity index (χ2v) is 6.96. The molecule has 0 aliphatic heterocycles. The summed E-state index contributed by atoms with van der Waals surface area (Å²) in [4.78, 5) is 23.0. The average molecular weight is 474 g/mol. The fourth-order valence-corrected chi connectivity index (χ4v) is 2.85. The first-order valence-corrected chi connectivity index (χ1v) is 9.34. The Kier molecular flexibility index (Phi) is 6.42. The van der Waals surface area contributed by atoms with Crippen LogP contribution in [0.3, 0.4) is 0 Å². The number of para-hydroxylation sites is 1. The van der Waals surface area contributed by atoms with Gasteiger partial charge in [-0.1, -0.05) is 34.1 Å². The molecule has 3 rings (SSSR count). The molecule has 0 saturated carbocycles. The Balaban J connectivity index is 1.77. The number of aromatic nitrogens is 2. The van der Waals surface area contributed by atoms with Gasteiger partial charge in [0.05, 0.1) is 24.8 Å². The Morgan fingerprint density at radius 1 is 1.37 bits per heavy atom. The van der Waals surface area contributed by atoms with Crippen LogP contribution in [0.2, 0.25) is 0 Å². The van der Waals surface area contributed by atoms with E-state index in [1.165, 1.54) is 24.2 Å². The van der Waals surface area contributed by atoms with Gasteiger partial charge >= 0.3 is 5.69 Å². The monoisotopic (exact) mass is 473 g/mol. The van der Waals surface area contributed by atoms with E-state index >= 15 is 0 Å². The topological polar surface area (TPSA) is 132 Å². The van der Waals surface area contributed by atoms with E-state index < -0.39 is 16.5 Å². The zero-order chi connectivity index (χ0) is 21.7. The van der Waals surface area contributed by atoms with E-state index in [2.05, 4.69) is 31.6 Å². The van der Waals surface area contributed by atoms with Gasteiger partial charge in [0.2, 0.25) is 5.69 Å². The first-order chi connectivity index (χ1) is 14.4. The summed E-state index contributed by atoms with van der Waals surface area (Å²) in [6.45, 7) is 0.252. The lowest BCUT2D eigenvalue weighted by atomic mass is 10.2. The third-order valence-electron chi connectivity index (χ3n) is 4.03. The molecule has 2 N–H and O–H groups in total. The summed E-state index contributed by atoms with van der Waals surface area (Å²) in [5.41, 5.74) is 2.52. The van der Waals surface area contributed by atoms with Gasteiger partial charge < -0.3 is 9.84 Å². The molecule has 11 heteroatoms. The lowest BCUT2D eigenvalue weighted by molar-refractivity contribution is -0.385. The third kappa shape index (κ3) is 4.81. The van der Waals surface area contributed by atoms with Gasteiger partial charge in [-0.3, -0.25) is 19.6 Å². The number of phenolic OH excluding ortho intramolecular Hbond substituents is 1. The van der Waals surface area contributed by atoms with Crippen molar-refractivity contribution in [1.29, 1.82) is 0 Å². The number of aromatic hydroxyl groups is 1. The number of hydrogen-bond donors (Lipinski definition) is 2. The van der Waals surface area contributed by atoms with Gasteiger partial charge in [0.25, 0.3) is 5.91 Å². The Bertz CT molecular complexity index is 1110. The maximum atomic E-state index is 12.4. The van der Waals surface area contributed by atoms with Crippen molar-refractivity contribution in [2.24, 2.45) is 5.10 Å². The lowest BCUT2D eigenvalue weighted by Gasteiger charge is -2.04. The molecule has 0 radical (unpaired) electrons. The number of nitro groups is 1. The summed E-state index contributed by atoms with van der Waals surface area (Å²) in [6.07, 6.45) is 2.38. The van der Waals surface area contributed by atoms with Crippen molar-refractivity contribution in [2.75, 3.05) is 7.11 Å². The molecule has 1 heterocycles. The first kappa shape index (κ1) is 21.0. The molecule has 0 aliphatic carbocycles. The van der Waals surface area contributed by atoms with E-state index in [-0.39, 0.29) is 23.7 Å². The standard InChI is InChI=1S/C19H16BrN5O5/c1-30-16-4-2-3-13(18(16)26)9-21-22-19(27)17-15(25(28)29)11-24(23-17)10-12-5-7-14(20)8-6-12/h2-9,11,26H,10H2,1H3,(H,22,27)/b21-9+. The zero-order valence-corrected chi connectivity index (χ0v) is 17.2. The van der Waals surface area contributed by atoms with Crippen molar-refractivity contribution in [1.82, 2.24) is 15.2 Å². The van der Waals surface area contributed by atoms with Crippen molar-refractivity contribution in [3.63, 3.8) is 0 Å². The highest BCUT2D eigenvalue weighted by Crippen LogP contribution is 2.28. The van der Waals surface area contributed by atoms with Gasteiger partial charge in [-0.25, -0.2) is 5.43 Å². The van der Waals surface area contributed by atoms with Gasteiger partial charge in [0.1, 0.15) is 6.20 Å². The van der Waals surface area contributed by atoms with Crippen LogP contribution in [0.1, 0.15) is 21.6 Å². The van der Waals surface area contributed by atoms with Crippen LogP contribution in [0.15, 0.2) is 58.2 Å². The molecule has 154 valence electrons. The molecular weight excluding hydrogens is 458 g/mol. The van der Waals surface area contributed by atoms with Crippen LogP contribution in [0, 0.1) is 10.1 Å². The van der Waals surface area contributed by atoms with Gasteiger partial charge in [0, 0.05) is 10.0 Å². The number of benzene rings is 2. The summed E-state index contributed by atoms with van der Waals surface area (Å²) in [5, 5.41) is 29.1.